The molecule has 0 aliphatic carbocycles. The average Bonchev–Trinajstić information content (AvgIpc) is 2.82. The van der Waals surface area contributed by atoms with Crippen LogP contribution in [0.3, 0.4) is 0 Å². The van der Waals surface area contributed by atoms with Gasteiger partial charge < -0.3 is 15.8 Å². The molecule has 1 aromatic heterocycles. The molecule has 138 valence electrons. The molecule has 25 heavy (non-hydrogen) atoms. The normalized spacial score (nSPS) is 11.8. The summed E-state index contributed by atoms with van der Waals surface area (Å²) in [5.74, 6) is -0.0257. The Morgan fingerprint density at radius 3 is 2.48 bits per heavy atom. The van der Waals surface area contributed by atoms with E-state index in [0.717, 1.165) is 11.3 Å². The van der Waals surface area contributed by atoms with E-state index in [4.69, 9.17) is 5.73 Å². The first kappa shape index (κ1) is 21.1. The molecule has 6 nitrogen and oxygen atoms in total. The number of aromatic nitrogens is 2. The number of ether oxygens (including phenoxy) is 1. The van der Waals surface area contributed by atoms with Gasteiger partial charge in [0, 0.05) is 24.8 Å². The highest BCUT2D eigenvalue weighted by Gasteiger charge is 2.30. The molecule has 0 aliphatic heterocycles. The number of hydrogen-bond donors (Lipinski definition) is 2. The van der Waals surface area contributed by atoms with Gasteiger partial charge in [0.2, 0.25) is 0 Å². The Kier molecular flexibility index (Phi) is 7.52. The van der Waals surface area contributed by atoms with Gasteiger partial charge in [0.25, 0.3) is 0 Å². The van der Waals surface area contributed by atoms with Crippen molar-refractivity contribution in [2.45, 2.75) is 26.4 Å². The summed E-state index contributed by atoms with van der Waals surface area (Å²) in [7, 11) is 1.85. The topological polar surface area (TPSA) is 77.5 Å². The Morgan fingerprint density at radius 2 is 1.96 bits per heavy atom. The summed E-state index contributed by atoms with van der Waals surface area (Å²) in [5, 5.41) is 7.09. The summed E-state index contributed by atoms with van der Waals surface area (Å²) >= 11 is 0. The van der Waals surface area contributed by atoms with Crippen molar-refractivity contribution in [3.63, 3.8) is 0 Å². The molecule has 0 fully saturated rings. The highest BCUT2D eigenvalue weighted by molar-refractivity contribution is 14.0. The zero-order valence-corrected chi connectivity index (χ0v) is 16.0. The number of guanidine groups is 1. The fourth-order valence-corrected chi connectivity index (χ4v) is 1.93. The number of halogens is 4. The molecule has 1 heterocycles. The monoisotopic (exact) mass is 469 g/mol. The van der Waals surface area contributed by atoms with E-state index < -0.39 is 6.36 Å². The first-order valence-corrected chi connectivity index (χ1v) is 7.10. The number of benzene rings is 1. The van der Waals surface area contributed by atoms with Crippen LogP contribution in [0.2, 0.25) is 0 Å². The molecular weight excluding hydrogens is 450 g/mol. The van der Waals surface area contributed by atoms with Gasteiger partial charge in [-0.1, -0.05) is 12.1 Å². The lowest BCUT2D eigenvalue weighted by Crippen LogP contribution is -2.31. The Morgan fingerprint density at radius 1 is 1.32 bits per heavy atom. The van der Waals surface area contributed by atoms with Crippen LogP contribution in [0.15, 0.2) is 35.5 Å². The summed E-state index contributed by atoms with van der Waals surface area (Å²) < 4.78 is 41.8. The Bertz CT molecular complexity index is 713. The van der Waals surface area contributed by atoms with Crippen LogP contribution in [0.1, 0.15) is 16.8 Å². The SMILES string of the molecule is Cc1c(CNC(N)=NCc2ccc(OC(F)(F)F)cc2)cnn1C.I. The van der Waals surface area contributed by atoms with Crippen molar-refractivity contribution in [1.82, 2.24) is 15.1 Å². The van der Waals surface area contributed by atoms with Crippen molar-refractivity contribution >= 4 is 29.9 Å². The molecule has 0 bridgehead atoms. The number of alkyl halides is 3. The molecule has 0 unspecified atom stereocenters. The van der Waals surface area contributed by atoms with Crippen molar-refractivity contribution < 1.29 is 17.9 Å². The predicted octanol–water partition coefficient (Wildman–Crippen LogP) is 2.85. The third-order valence-electron chi connectivity index (χ3n) is 3.39. The second kappa shape index (κ2) is 8.92. The van der Waals surface area contributed by atoms with Gasteiger partial charge >= 0.3 is 6.36 Å². The molecule has 0 saturated heterocycles. The first-order valence-electron chi connectivity index (χ1n) is 7.10. The molecule has 3 N–H and O–H groups in total. The number of nitrogens with one attached hydrogen (secondary N) is 1. The summed E-state index contributed by atoms with van der Waals surface area (Å²) in [6, 6.07) is 5.48. The lowest BCUT2D eigenvalue weighted by atomic mass is 10.2. The van der Waals surface area contributed by atoms with Gasteiger partial charge in [-0.25, -0.2) is 4.99 Å². The van der Waals surface area contributed by atoms with Crippen LogP contribution in [0.25, 0.3) is 0 Å². The first-order chi connectivity index (χ1) is 11.2. The number of nitrogens with zero attached hydrogens (tertiary/aromatic N) is 3. The highest BCUT2D eigenvalue weighted by Crippen LogP contribution is 2.22. The summed E-state index contributed by atoms with van der Waals surface area (Å²) in [6.07, 6.45) is -2.95. The number of hydrogen-bond acceptors (Lipinski definition) is 3. The molecule has 0 radical (unpaired) electrons. The number of aryl methyl sites for hydroxylation is 1. The van der Waals surface area contributed by atoms with Crippen LogP contribution in [0, 0.1) is 6.92 Å². The largest absolute Gasteiger partial charge is 0.573 e. The highest BCUT2D eigenvalue weighted by atomic mass is 127. The minimum absolute atomic E-state index is 0. The molecule has 2 rings (SSSR count). The lowest BCUT2D eigenvalue weighted by Gasteiger charge is -2.09. The molecule has 0 spiro atoms. The molecule has 0 saturated carbocycles. The van der Waals surface area contributed by atoms with Gasteiger partial charge in [-0.3, -0.25) is 4.68 Å². The standard InChI is InChI=1S/C15H18F3N5O.HI/c1-10-12(9-22-23(10)2)8-21-14(19)20-7-11-3-5-13(6-4-11)24-15(16,17)18;/h3-6,9H,7-8H2,1-2H3,(H3,19,20,21);1H. The maximum Gasteiger partial charge on any atom is 0.573 e. The van der Waals surface area contributed by atoms with Gasteiger partial charge in [-0.05, 0) is 24.6 Å². The van der Waals surface area contributed by atoms with Crippen LogP contribution in [0.5, 0.6) is 5.75 Å². The fourth-order valence-electron chi connectivity index (χ4n) is 1.93. The van der Waals surface area contributed by atoms with Gasteiger partial charge in [0.1, 0.15) is 5.75 Å². The number of rotatable bonds is 5. The third-order valence-corrected chi connectivity index (χ3v) is 3.39. The Balaban J connectivity index is 0.00000312. The smallest absolute Gasteiger partial charge is 0.406 e. The lowest BCUT2D eigenvalue weighted by molar-refractivity contribution is -0.274. The van der Waals surface area contributed by atoms with Gasteiger partial charge in [-0.2, -0.15) is 5.10 Å². The predicted molar refractivity (Wildman–Crippen MR) is 98.7 cm³/mol. The molecule has 1 aromatic carbocycles. The van der Waals surface area contributed by atoms with Crippen molar-refractivity contribution in [2.24, 2.45) is 17.8 Å². The summed E-state index contributed by atoms with van der Waals surface area (Å²) in [6.45, 7) is 2.69. The van der Waals surface area contributed by atoms with E-state index in [1.807, 2.05) is 14.0 Å². The zero-order valence-electron chi connectivity index (χ0n) is 13.7. The Labute approximate surface area is 160 Å². The van der Waals surface area contributed by atoms with E-state index in [0.29, 0.717) is 12.1 Å². The maximum absolute atomic E-state index is 12.1. The van der Waals surface area contributed by atoms with E-state index >= 15 is 0 Å². The summed E-state index contributed by atoms with van der Waals surface area (Å²) in [5.41, 5.74) is 8.52. The Hall–Kier alpha value is -1.98. The van der Waals surface area contributed by atoms with E-state index in [-0.39, 0.29) is 42.2 Å². The van der Waals surface area contributed by atoms with Crippen LogP contribution in [0.4, 0.5) is 13.2 Å². The number of nitrogens with two attached hydrogens (primary N) is 1. The van der Waals surface area contributed by atoms with Crippen LogP contribution in [-0.4, -0.2) is 22.1 Å². The maximum atomic E-state index is 12.1. The fraction of sp³-hybridized carbons (Fsp3) is 0.333. The molecule has 0 amide bonds. The van der Waals surface area contributed by atoms with E-state index in [9.17, 15) is 13.2 Å². The third kappa shape index (κ3) is 6.80. The van der Waals surface area contributed by atoms with Crippen molar-refractivity contribution in [2.75, 3.05) is 0 Å². The van der Waals surface area contributed by atoms with Gasteiger partial charge in [0.05, 0.1) is 12.7 Å². The summed E-state index contributed by atoms with van der Waals surface area (Å²) in [4.78, 5) is 4.14. The second-order valence-electron chi connectivity index (χ2n) is 5.13. The molecular formula is C15H19F3IN5O. The molecule has 0 atom stereocenters. The molecule has 10 heteroatoms. The molecule has 2 aromatic rings. The average molecular weight is 469 g/mol. The van der Waals surface area contributed by atoms with E-state index in [1.54, 1.807) is 10.9 Å². The van der Waals surface area contributed by atoms with E-state index in [2.05, 4.69) is 20.1 Å². The minimum atomic E-state index is -4.70. The minimum Gasteiger partial charge on any atom is -0.406 e. The van der Waals surface area contributed by atoms with Crippen LogP contribution < -0.4 is 15.8 Å². The van der Waals surface area contributed by atoms with Crippen LogP contribution in [-0.2, 0) is 20.1 Å². The van der Waals surface area contributed by atoms with Crippen molar-refractivity contribution in [1.29, 1.82) is 0 Å². The quantitative estimate of drug-likeness (QED) is 0.401. The molecule has 0 aliphatic rings. The second-order valence-corrected chi connectivity index (χ2v) is 5.13. The van der Waals surface area contributed by atoms with Crippen LogP contribution >= 0.6 is 24.0 Å². The van der Waals surface area contributed by atoms with Gasteiger partial charge in [-0.15, -0.1) is 37.1 Å². The van der Waals surface area contributed by atoms with Gasteiger partial charge in [0.15, 0.2) is 5.96 Å². The number of aliphatic imine (C=N–C) groups is 1. The zero-order chi connectivity index (χ0) is 17.7. The van der Waals surface area contributed by atoms with Crippen molar-refractivity contribution in [3.05, 3.63) is 47.3 Å². The van der Waals surface area contributed by atoms with Crippen molar-refractivity contribution in [3.8, 4) is 5.75 Å². The van der Waals surface area contributed by atoms with E-state index in [1.165, 1.54) is 24.3 Å².